The van der Waals surface area contributed by atoms with Crippen molar-refractivity contribution in [1.29, 1.82) is 0 Å². The van der Waals surface area contributed by atoms with Crippen molar-refractivity contribution in [2.24, 2.45) is 0 Å². The van der Waals surface area contributed by atoms with Crippen molar-refractivity contribution < 1.29 is 4.79 Å². The fourth-order valence-corrected chi connectivity index (χ4v) is 6.03. The van der Waals surface area contributed by atoms with E-state index >= 15 is 0 Å². The topological polar surface area (TPSA) is 20.3 Å². The van der Waals surface area contributed by atoms with Gasteiger partial charge in [0, 0.05) is 12.5 Å². The summed E-state index contributed by atoms with van der Waals surface area (Å²) < 4.78 is 0. The molecule has 0 aromatic rings. The first kappa shape index (κ1) is 39.4. The summed E-state index contributed by atoms with van der Waals surface area (Å²) >= 11 is 0. The van der Waals surface area contributed by atoms with E-state index < -0.39 is 0 Å². The molecule has 1 atom stereocenters. The summed E-state index contributed by atoms with van der Waals surface area (Å²) in [6.07, 6.45) is 40.2. The monoisotopic (exact) mass is 562 g/mol. The van der Waals surface area contributed by atoms with Crippen LogP contribution in [-0.4, -0.2) is 29.3 Å². The largest absolute Gasteiger partial charge is 0.298 e. The minimum Gasteiger partial charge on any atom is -0.298 e. The lowest BCUT2D eigenvalue weighted by Gasteiger charge is -2.40. The Morgan fingerprint density at radius 1 is 0.575 bits per heavy atom. The lowest BCUT2D eigenvalue weighted by Crippen LogP contribution is -2.52. The molecule has 0 fully saturated rings. The Morgan fingerprint density at radius 2 is 0.950 bits per heavy atom. The summed E-state index contributed by atoms with van der Waals surface area (Å²) in [7, 11) is 2.20. The number of nitrogens with zero attached hydrogens (tertiary/aromatic N) is 1. The molecule has 0 N–H and O–H groups in total. The van der Waals surface area contributed by atoms with E-state index in [-0.39, 0.29) is 5.54 Å². The maximum Gasteiger partial charge on any atom is 0.152 e. The molecule has 238 valence electrons. The summed E-state index contributed by atoms with van der Waals surface area (Å²) in [4.78, 5) is 15.6. The number of hydrogen-bond donors (Lipinski definition) is 0. The van der Waals surface area contributed by atoms with Crippen LogP contribution in [0.4, 0.5) is 0 Å². The molecule has 0 aliphatic rings. The fourth-order valence-electron chi connectivity index (χ4n) is 6.03. The highest BCUT2D eigenvalue weighted by molar-refractivity contribution is 5.87. The van der Waals surface area contributed by atoms with Gasteiger partial charge in [0.25, 0.3) is 0 Å². The number of carbonyl (C=O) groups is 1. The van der Waals surface area contributed by atoms with Crippen molar-refractivity contribution in [3.05, 3.63) is 12.2 Å². The van der Waals surface area contributed by atoms with Gasteiger partial charge in [-0.1, -0.05) is 155 Å². The fraction of sp³-hybridized carbons (Fsp3) is 0.921. The molecule has 0 amide bonds. The van der Waals surface area contributed by atoms with Crippen LogP contribution in [0.3, 0.4) is 0 Å². The second kappa shape index (κ2) is 28.5. The molecule has 0 heterocycles. The van der Waals surface area contributed by atoms with Crippen molar-refractivity contribution >= 4 is 5.78 Å². The quantitative estimate of drug-likeness (QED) is 0.0619. The molecule has 0 radical (unpaired) electrons. The minimum atomic E-state index is -0.348. The Balaban J connectivity index is 3.89. The highest BCUT2D eigenvalue weighted by atomic mass is 16.1. The Morgan fingerprint density at radius 3 is 1.38 bits per heavy atom. The van der Waals surface area contributed by atoms with Crippen molar-refractivity contribution in [1.82, 2.24) is 4.90 Å². The lowest BCUT2D eigenvalue weighted by atomic mass is 9.89. The van der Waals surface area contributed by atoms with Crippen LogP contribution in [0.15, 0.2) is 12.2 Å². The molecule has 0 bridgehead atoms. The maximum atomic E-state index is 13.2. The summed E-state index contributed by atoms with van der Waals surface area (Å²) in [5.74, 6) is 0.435. The van der Waals surface area contributed by atoms with E-state index in [4.69, 9.17) is 0 Å². The zero-order chi connectivity index (χ0) is 29.7. The molecule has 0 aliphatic heterocycles. The van der Waals surface area contributed by atoms with Gasteiger partial charge in [0.15, 0.2) is 5.78 Å². The summed E-state index contributed by atoms with van der Waals surface area (Å²) in [5.41, 5.74) is -0.348. The molecule has 0 aromatic carbocycles. The van der Waals surface area contributed by atoms with Gasteiger partial charge < -0.3 is 0 Å². The SMILES string of the molecule is CCCCCCCC/C=C\CCCCCCCC(=O)C(C)(C)N(C)C(CC)CCCCCCCCCCCCC. The third-order valence-electron chi connectivity index (χ3n) is 9.39. The number of hydrogen-bond acceptors (Lipinski definition) is 2. The smallest absolute Gasteiger partial charge is 0.152 e. The number of allylic oxidation sites excluding steroid dienone is 2. The molecule has 2 nitrogen and oxygen atoms in total. The second-order valence-electron chi connectivity index (χ2n) is 13.3. The van der Waals surface area contributed by atoms with Crippen LogP contribution in [0.25, 0.3) is 0 Å². The number of unbranched alkanes of at least 4 members (excludes halogenated alkanes) is 21. The molecular formula is C38H75NO. The number of rotatable bonds is 31. The third-order valence-corrected chi connectivity index (χ3v) is 9.39. The molecule has 0 aliphatic carbocycles. The van der Waals surface area contributed by atoms with Gasteiger partial charge in [-0.15, -0.1) is 0 Å². The van der Waals surface area contributed by atoms with Crippen LogP contribution in [0, 0.1) is 0 Å². The second-order valence-corrected chi connectivity index (χ2v) is 13.3. The normalized spacial score (nSPS) is 13.1. The zero-order valence-electron chi connectivity index (χ0n) is 28.7. The highest BCUT2D eigenvalue weighted by Gasteiger charge is 2.34. The van der Waals surface area contributed by atoms with Crippen molar-refractivity contribution in [3.63, 3.8) is 0 Å². The molecule has 40 heavy (non-hydrogen) atoms. The number of Topliss-reactive ketones (excluding diaryl/α,β-unsaturated/α-hetero) is 1. The Hall–Kier alpha value is -0.630. The summed E-state index contributed by atoms with van der Waals surface area (Å²) in [6.45, 7) is 11.2. The third kappa shape index (κ3) is 22.0. The van der Waals surface area contributed by atoms with E-state index in [0.717, 1.165) is 19.3 Å². The van der Waals surface area contributed by atoms with Crippen LogP contribution < -0.4 is 0 Å². The van der Waals surface area contributed by atoms with E-state index in [0.29, 0.717) is 11.8 Å². The number of likely N-dealkylation sites (N-methyl/N-ethyl adjacent to an activating group) is 1. The van der Waals surface area contributed by atoms with E-state index in [9.17, 15) is 4.79 Å². The Labute approximate surface area is 253 Å². The van der Waals surface area contributed by atoms with Gasteiger partial charge in [-0.05, 0) is 65.8 Å². The van der Waals surface area contributed by atoms with Crippen LogP contribution >= 0.6 is 0 Å². The average Bonchev–Trinajstić information content (AvgIpc) is 2.95. The van der Waals surface area contributed by atoms with Gasteiger partial charge >= 0.3 is 0 Å². The van der Waals surface area contributed by atoms with Crippen LogP contribution in [0.2, 0.25) is 0 Å². The van der Waals surface area contributed by atoms with Crippen LogP contribution in [0.1, 0.15) is 208 Å². The first-order valence-corrected chi connectivity index (χ1v) is 18.3. The van der Waals surface area contributed by atoms with E-state index in [1.54, 1.807) is 0 Å². The molecule has 0 spiro atoms. The van der Waals surface area contributed by atoms with E-state index in [1.807, 2.05) is 0 Å². The Bertz CT molecular complexity index is 566. The number of carbonyl (C=O) groups excluding carboxylic acids is 1. The highest BCUT2D eigenvalue weighted by Crippen LogP contribution is 2.25. The van der Waals surface area contributed by atoms with Gasteiger partial charge in [0.2, 0.25) is 0 Å². The Kier molecular flexibility index (Phi) is 28.0. The van der Waals surface area contributed by atoms with Crippen molar-refractivity contribution in [3.8, 4) is 0 Å². The lowest BCUT2D eigenvalue weighted by molar-refractivity contribution is -0.130. The molecule has 0 saturated heterocycles. The molecule has 0 rings (SSSR count). The van der Waals surface area contributed by atoms with Gasteiger partial charge in [-0.3, -0.25) is 9.69 Å². The van der Waals surface area contributed by atoms with Gasteiger partial charge in [-0.2, -0.15) is 0 Å². The molecular weight excluding hydrogens is 486 g/mol. The minimum absolute atomic E-state index is 0.348. The van der Waals surface area contributed by atoms with Crippen molar-refractivity contribution in [2.75, 3.05) is 7.05 Å². The van der Waals surface area contributed by atoms with Gasteiger partial charge in [0.1, 0.15) is 0 Å². The predicted octanol–water partition coefficient (Wildman–Crippen LogP) is 12.8. The average molecular weight is 562 g/mol. The van der Waals surface area contributed by atoms with Gasteiger partial charge in [-0.25, -0.2) is 0 Å². The summed E-state index contributed by atoms with van der Waals surface area (Å²) in [6, 6.07) is 0.520. The van der Waals surface area contributed by atoms with Gasteiger partial charge in [0.05, 0.1) is 5.54 Å². The first-order chi connectivity index (χ1) is 19.4. The molecule has 0 aromatic heterocycles. The van der Waals surface area contributed by atoms with Crippen LogP contribution in [0.5, 0.6) is 0 Å². The van der Waals surface area contributed by atoms with E-state index in [1.165, 1.54) is 154 Å². The molecule has 1 unspecified atom stereocenters. The standard InChI is InChI=1S/C38H75NO/c1-7-10-12-14-16-18-20-21-22-23-25-27-29-31-33-35-37(40)38(4,5)39(6)36(9-3)34-32-30-28-26-24-19-17-15-13-11-8-2/h21-22,36H,7-20,23-35H2,1-6H3/b22-21-. The molecule has 0 saturated carbocycles. The maximum absolute atomic E-state index is 13.2. The van der Waals surface area contributed by atoms with E-state index in [2.05, 4.69) is 58.7 Å². The predicted molar refractivity (Wildman–Crippen MR) is 181 cm³/mol. The number of ketones is 1. The van der Waals surface area contributed by atoms with Crippen molar-refractivity contribution in [2.45, 2.75) is 220 Å². The first-order valence-electron chi connectivity index (χ1n) is 18.3. The zero-order valence-corrected chi connectivity index (χ0v) is 28.7. The summed E-state index contributed by atoms with van der Waals surface area (Å²) in [5, 5.41) is 0. The van der Waals surface area contributed by atoms with Crippen LogP contribution in [-0.2, 0) is 4.79 Å². The molecule has 2 heteroatoms.